The number of esters is 1. The fraction of sp³-hybridized carbons (Fsp3) is 0.306. The van der Waals surface area contributed by atoms with Gasteiger partial charge in [-0.3, -0.25) is 19.3 Å². The number of ether oxygens (including phenoxy) is 2. The molecule has 2 heterocycles. The molecule has 2 fully saturated rings. The molecule has 1 aromatic heterocycles. The number of Topliss-reactive ketones (excluding diaryl/α,β-unsaturated/α-hetero) is 1. The maximum Gasteiger partial charge on any atom is 0.339 e. The minimum absolute atomic E-state index is 0.137. The molecule has 4 aromatic rings. The Labute approximate surface area is 266 Å². The molecular formula is C36H33ClN2O6. The van der Waals surface area contributed by atoms with E-state index in [9.17, 15) is 19.2 Å². The van der Waals surface area contributed by atoms with Gasteiger partial charge in [-0.2, -0.15) is 0 Å². The standard InChI is InChI=1S/C36H33ClN2O6/c1-19-5-14-27-28(17-19)35(42)39(34(27)41)24-10-6-22(7-11-24)31-18-29(26-15-16-30(37)20(2)32(26)38-31)36(43)45-21(3)33(40)23-8-12-25(44-4)13-9-23/h6-13,15-16,18-19,21,27-28H,5,14,17H2,1-4H3. The van der Waals surface area contributed by atoms with Crippen LogP contribution >= 0.6 is 11.6 Å². The quantitative estimate of drug-likeness (QED) is 0.121. The van der Waals surface area contributed by atoms with E-state index in [1.807, 2.05) is 6.92 Å². The molecule has 1 aliphatic heterocycles. The summed E-state index contributed by atoms with van der Waals surface area (Å²) in [4.78, 5) is 59.2. The first-order valence-electron chi connectivity index (χ1n) is 15.0. The molecule has 0 spiro atoms. The second-order valence-corrected chi connectivity index (χ2v) is 12.4. The number of hydrogen-bond acceptors (Lipinski definition) is 7. The van der Waals surface area contributed by atoms with E-state index < -0.39 is 12.1 Å². The predicted octanol–water partition coefficient (Wildman–Crippen LogP) is 7.23. The van der Waals surface area contributed by atoms with E-state index in [0.29, 0.717) is 55.7 Å². The molecule has 4 unspecified atom stereocenters. The smallest absolute Gasteiger partial charge is 0.339 e. The number of ketones is 1. The maximum absolute atomic E-state index is 13.6. The Balaban J connectivity index is 1.31. The molecule has 3 aromatic carbocycles. The third kappa shape index (κ3) is 5.59. The number of hydrogen-bond donors (Lipinski definition) is 0. The van der Waals surface area contributed by atoms with Crippen LogP contribution in [0.4, 0.5) is 5.69 Å². The Morgan fingerprint density at radius 2 is 1.64 bits per heavy atom. The predicted molar refractivity (Wildman–Crippen MR) is 172 cm³/mol. The van der Waals surface area contributed by atoms with Crippen molar-refractivity contribution in [3.63, 3.8) is 0 Å². The first-order valence-corrected chi connectivity index (χ1v) is 15.4. The van der Waals surface area contributed by atoms with E-state index in [2.05, 4.69) is 6.92 Å². The van der Waals surface area contributed by atoms with Crippen LogP contribution in [0.1, 0.15) is 59.4 Å². The van der Waals surface area contributed by atoms with Gasteiger partial charge in [-0.15, -0.1) is 0 Å². The van der Waals surface area contributed by atoms with Crippen LogP contribution in [0.5, 0.6) is 5.75 Å². The Morgan fingerprint density at radius 1 is 0.956 bits per heavy atom. The number of anilines is 1. The molecule has 2 amide bonds. The molecule has 6 rings (SSSR count). The van der Waals surface area contributed by atoms with Gasteiger partial charge in [0.15, 0.2) is 6.10 Å². The van der Waals surface area contributed by atoms with Gasteiger partial charge in [-0.1, -0.05) is 36.7 Å². The Morgan fingerprint density at radius 3 is 2.33 bits per heavy atom. The monoisotopic (exact) mass is 624 g/mol. The van der Waals surface area contributed by atoms with Crippen molar-refractivity contribution in [2.45, 2.75) is 46.1 Å². The van der Waals surface area contributed by atoms with Crippen molar-refractivity contribution in [3.05, 3.63) is 88.4 Å². The van der Waals surface area contributed by atoms with Gasteiger partial charge < -0.3 is 9.47 Å². The summed E-state index contributed by atoms with van der Waals surface area (Å²) in [6.07, 6.45) is 1.36. The highest BCUT2D eigenvalue weighted by Gasteiger charge is 2.49. The zero-order valence-electron chi connectivity index (χ0n) is 25.5. The Kier molecular flexibility index (Phi) is 8.18. The number of aryl methyl sites for hydroxylation is 1. The number of benzene rings is 3. The van der Waals surface area contributed by atoms with Crippen molar-refractivity contribution in [2.75, 3.05) is 12.0 Å². The van der Waals surface area contributed by atoms with E-state index in [-0.39, 0.29) is 35.0 Å². The van der Waals surface area contributed by atoms with Gasteiger partial charge in [0.2, 0.25) is 17.6 Å². The summed E-state index contributed by atoms with van der Waals surface area (Å²) in [6.45, 7) is 5.48. The zero-order chi connectivity index (χ0) is 32.0. The zero-order valence-corrected chi connectivity index (χ0v) is 26.3. The van der Waals surface area contributed by atoms with Gasteiger partial charge >= 0.3 is 5.97 Å². The van der Waals surface area contributed by atoms with E-state index in [1.165, 1.54) is 11.8 Å². The SMILES string of the molecule is COc1ccc(C(=O)C(C)OC(=O)c2cc(-c3ccc(N4C(=O)C5CCC(C)CC5C4=O)cc3)nc3c(C)c(Cl)ccc23)cc1. The third-order valence-electron chi connectivity index (χ3n) is 9.02. The fourth-order valence-electron chi connectivity index (χ4n) is 6.41. The average Bonchev–Trinajstić information content (AvgIpc) is 3.30. The molecule has 0 bridgehead atoms. The van der Waals surface area contributed by atoms with Crippen LogP contribution in [0.25, 0.3) is 22.2 Å². The van der Waals surface area contributed by atoms with Gasteiger partial charge in [0.05, 0.1) is 41.4 Å². The highest BCUT2D eigenvalue weighted by Crippen LogP contribution is 2.42. The summed E-state index contributed by atoms with van der Waals surface area (Å²) < 4.78 is 10.8. The van der Waals surface area contributed by atoms with Gasteiger partial charge in [-0.25, -0.2) is 9.78 Å². The number of methoxy groups -OCH3 is 1. The minimum Gasteiger partial charge on any atom is -0.497 e. The number of rotatable bonds is 7. The van der Waals surface area contributed by atoms with Crippen LogP contribution in [-0.2, 0) is 14.3 Å². The summed E-state index contributed by atoms with van der Waals surface area (Å²) in [7, 11) is 1.54. The van der Waals surface area contributed by atoms with Crippen LogP contribution in [0.3, 0.4) is 0 Å². The Bertz CT molecular complexity index is 1840. The molecule has 230 valence electrons. The molecule has 45 heavy (non-hydrogen) atoms. The highest BCUT2D eigenvalue weighted by molar-refractivity contribution is 6.32. The molecule has 1 aliphatic carbocycles. The molecule has 0 radical (unpaired) electrons. The summed E-state index contributed by atoms with van der Waals surface area (Å²) in [5.41, 5.74) is 3.49. The average molecular weight is 625 g/mol. The normalized spacial score (nSPS) is 20.2. The number of fused-ring (bicyclic) bond motifs is 2. The third-order valence-corrected chi connectivity index (χ3v) is 9.43. The van der Waals surface area contributed by atoms with Gasteiger partial charge in [0.1, 0.15) is 5.75 Å². The van der Waals surface area contributed by atoms with Crippen molar-refractivity contribution in [3.8, 4) is 17.0 Å². The largest absolute Gasteiger partial charge is 0.497 e. The van der Waals surface area contributed by atoms with Crippen LogP contribution in [0.15, 0.2) is 66.7 Å². The molecule has 8 nitrogen and oxygen atoms in total. The van der Waals surface area contributed by atoms with E-state index in [0.717, 1.165) is 19.3 Å². The highest BCUT2D eigenvalue weighted by atomic mass is 35.5. The van der Waals surface area contributed by atoms with Crippen molar-refractivity contribution >= 4 is 51.8 Å². The lowest BCUT2D eigenvalue weighted by molar-refractivity contribution is -0.122. The summed E-state index contributed by atoms with van der Waals surface area (Å²) in [6, 6.07) is 18.6. The molecular weight excluding hydrogens is 592 g/mol. The van der Waals surface area contributed by atoms with Crippen molar-refractivity contribution in [2.24, 2.45) is 17.8 Å². The summed E-state index contributed by atoms with van der Waals surface area (Å²) in [5.74, 6) is -0.782. The minimum atomic E-state index is -1.05. The fourth-order valence-corrected chi connectivity index (χ4v) is 6.57. The lowest BCUT2D eigenvalue weighted by Gasteiger charge is -2.25. The number of imide groups is 1. The summed E-state index contributed by atoms with van der Waals surface area (Å²) >= 11 is 6.44. The van der Waals surface area contributed by atoms with Crippen molar-refractivity contribution in [1.29, 1.82) is 0 Å². The van der Waals surface area contributed by atoms with Crippen LogP contribution in [0.2, 0.25) is 5.02 Å². The lowest BCUT2D eigenvalue weighted by atomic mass is 9.76. The molecule has 2 aliphatic rings. The van der Waals surface area contributed by atoms with E-state index >= 15 is 0 Å². The molecule has 1 saturated heterocycles. The Hall–Kier alpha value is -4.56. The number of carbonyl (C=O) groups is 4. The number of halogens is 1. The summed E-state index contributed by atoms with van der Waals surface area (Å²) in [5, 5.41) is 1.03. The number of pyridine rings is 1. The topological polar surface area (TPSA) is 103 Å². The molecule has 1 saturated carbocycles. The molecule has 4 atom stereocenters. The maximum atomic E-state index is 13.6. The van der Waals surface area contributed by atoms with Crippen molar-refractivity contribution in [1.82, 2.24) is 4.98 Å². The van der Waals surface area contributed by atoms with Gasteiger partial charge in [-0.05, 0) is 93.1 Å². The van der Waals surface area contributed by atoms with Crippen molar-refractivity contribution < 1.29 is 28.7 Å². The first-order chi connectivity index (χ1) is 21.6. The number of amides is 2. The van der Waals surface area contributed by atoms with Gasteiger partial charge in [0, 0.05) is 21.5 Å². The van der Waals surface area contributed by atoms with E-state index in [1.54, 1.807) is 73.8 Å². The molecule has 0 N–H and O–H groups in total. The molecule has 9 heteroatoms. The first kappa shape index (κ1) is 30.5. The second kappa shape index (κ2) is 12.1. The number of aromatic nitrogens is 1. The second-order valence-electron chi connectivity index (χ2n) is 12.0. The van der Waals surface area contributed by atoms with E-state index in [4.69, 9.17) is 26.1 Å². The lowest BCUT2D eigenvalue weighted by Crippen LogP contribution is -2.30. The van der Waals surface area contributed by atoms with Crippen LogP contribution < -0.4 is 9.64 Å². The van der Waals surface area contributed by atoms with Gasteiger partial charge in [0.25, 0.3) is 0 Å². The number of carbonyl (C=O) groups excluding carboxylic acids is 4. The van der Waals surface area contributed by atoms with Crippen LogP contribution in [0, 0.1) is 24.7 Å². The van der Waals surface area contributed by atoms with Crippen LogP contribution in [-0.4, -0.2) is 41.8 Å². The number of nitrogens with zero attached hydrogens (tertiary/aromatic N) is 2.